The van der Waals surface area contributed by atoms with E-state index >= 15 is 0 Å². The van der Waals surface area contributed by atoms with Crippen LogP contribution in [0.25, 0.3) is 0 Å². The number of nitrogens with two attached hydrogens (primary N) is 1. The van der Waals surface area contributed by atoms with E-state index < -0.39 is 0 Å². The number of rotatable bonds is 5. The number of nitrogens with one attached hydrogen (secondary N) is 1. The summed E-state index contributed by atoms with van der Waals surface area (Å²) >= 11 is 1.71. The van der Waals surface area contributed by atoms with Crippen molar-refractivity contribution < 1.29 is 4.79 Å². The zero-order valence-electron chi connectivity index (χ0n) is 10.3. The molecule has 16 heavy (non-hydrogen) atoms. The molecule has 0 spiro atoms. The predicted octanol–water partition coefficient (Wildman–Crippen LogP) is 2.22. The Bertz CT molecular complexity index is 360. The van der Waals surface area contributed by atoms with Crippen LogP contribution in [0.1, 0.15) is 37.3 Å². The molecule has 4 heteroatoms. The van der Waals surface area contributed by atoms with Crippen molar-refractivity contribution >= 4 is 17.2 Å². The van der Waals surface area contributed by atoms with Crippen molar-refractivity contribution in [3.8, 4) is 0 Å². The fraction of sp³-hybridized carbons (Fsp3) is 0.583. The molecule has 2 atom stereocenters. The zero-order chi connectivity index (χ0) is 12.3. The summed E-state index contributed by atoms with van der Waals surface area (Å²) in [5, 5.41) is 5.36. The molecule has 0 radical (unpaired) electrons. The molecule has 3 N–H and O–H groups in total. The molecule has 1 heterocycles. The van der Waals surface area contributed by atoms with Crippen LogP contribution in [-0.4, -0.2) is 11.9 Å². The largest absolute Gasteiger partial charge is 0.368 e. The minimum atomic E-state index is -0.281. The first-order chi connectivity index (χ1) is 7.43. The van der Waals surface area contributed by atoms with Crippen molar-refractivity contribution in [2.24, 2.45) is 11.7 Å². The molecule has 0 fully saturated rings. The van der Waals surface area contributed by atoms with E-state index in [1.54, 1.807) is 11.3 Å². The van der Waals surface area contributed by atoms with Crippen LogP contribution in [-0.2, 0) is 4.79 Å². The molecule has 0 saturated carbocycles. The molecule has 0 aliphatic rings. The van der Waals surface area contributed by atoms with Gasteiger partial charge in [0.25, 0.3) is 0 Å². The van der Waals surface area contributed by atoms with Gasteiger partial charge >= 0.3 is 0 Å². The van der Waals surface area contributed by atoms with E-state index in [1.165, 1.54) is 10.4 Å². The third-order valence-corrected chi connectivity index (χ3v) is 3.90. The van der Waals surface area contributed by atoms with Crippen LogP contribution in [0.5, 0.6) is 0 Å². The fourth-order valence-electron chi connectivity index (χ4n) is 1.78. The molecule has 1 aromatic rings. The van der Waals surface area contributed by atoms with Crippen molar-refractivity contribution in [2.75, 3.05) is 0 Å². The van der Waals surface area contributed by atoms with Crippen molar-refractivity contribution in [1.29, 1.82) is 0 Å². The molecule has 0 aromatic carbocycles. The SMILES string of the molecule is Cc1ccsc1C(C)NC(C(N)=O)C(C)C. The molecule has 90 valence electrons. The van der Waals surface area contributed by atoms with Gasteiger partial charge in [0.15, 0.2) is 0 Å². The molecule has 0 aliphatic carbocycles. The van der Waals surface area contributed by atoms with Crippen molar-refractivity contribution in [3.05, 3.63) is 21.9 Å². The Morgan fingerprint density at radius 3 is 2.44 bits per heavy atom. The summed E-state index contributed by atoms with van der Waals surface area (Å²) < 4.78 is 0. The lowest BCUT2D eigenvalue weighted by atomic mass is 10.0. The topological polar surface area (TPSA) is 55.1 Å². The smallest absolute Gasteiger partial charge is 0.234 e. The zero-order valence-corrected chi connectivity index (χ0v) is 11.1. The standard InChI is InChI=1S/C12H20N2OS/c1-7(2)10(12(13)15)14-9(4)11-8(3)5-6-16-11/h5-7,9-10,14H,1-4H3,(H2,13,15). The molecule has 0 saturated heterocycles. The first-order valence-electron chi connectivity index (χ1n) is 5.52. The van der Waals surface area contributed by atoms with E-state index in [9.17, 15) is 4.79 Å². The van der Waals surface area contributed by atoms with Gasteiger partial charge in [-0.3, -0.25) is 10.1 Å². The van der Waals surface area contributed by atoms with E-state index in [2.05, 4.69) is 30.6 Å². The maximum absolute atomic E-state index is 11.3. The number of amides is 1. The van der Waals surface area contributed by atoms with Crippen LogP contribution >= 0.6 is 11.3 Å². The third kappa shape index (κ3) is 3.06. The van der Waals surface area contributed by atoms with E-state index in [-0.39, 0.29) is 23.9 Å². The van der Waals surface area contributed by atoms with E-state index in [4.69, 9.17) is 5.73 Å². The molecule has 3 nitrogen and oxygen atoms in total. The van der Waals surface area contributed by atoms with Crippen molar-refractivity contribution in [3.63, 3.8) is 0 Å². The average Bonchev–Trinajstić information content (AvgIpc) is 2.59. The monoisotopic (exact) mass is 240 g/mol. The molecule has 0 aliphatic heterocycles. The van der Waals surface area contributed by atoms with Gasteiger partial charge in [0.05, 0.1) is 6.04 Å². The van der Waals surface area contributed by atoms with Gasteiger partial charge < -0.3 is 5.73 Å². The van der Waals surface area contributed by atoms with Gasteiger partial charge in [0.2, 0.25) is 5.91 Å². The number of hydrogen-bond acceptors (Lipinski definition) is 3. The Hall–Kier alpha value is -0.870. The lowest BCUT2D eigenvalue weighted by Crippen LogP contribution is -2.45. The van der Waals surface area contributed by atoms with Crippen LogP contribution in [0.2, 0.25) is 0 Å². The second-order valence-corrected chi connectivity index (χ2v) is 5.43. The van der Waals surface area contributed by atoms with Crippen LogP contribution in [0.15, 0.2) is 11.4 Å². The predicted molar refractivity (Wildman–Crippen MR) is 68.4 cm³/mol. The van der Waals surface area contributed by atoms with Gasteiger partial charge in [-0.05, 0) is 36.8 Å². The molecular weight excluding hydrogens is 220 g/mol. The molecule has 0 bridgehead atoms. The van der Waals surface area contributed by atoms with Crippen LogP contribution in [0, 0.1) is 12.8 Å². The molecular formula is C12H20N2OS. The van der Waals surface area contributed by atoms with Gasteiger partial charge in [-0.1, -0.05) is 13.8 Å². The summed E-state index contributed by atoms with van der Waals surface area (Å²) in [4.78, 5) is 12.6. The van der Waals surface area contributed by atoms with E-state index in [0.29, 0.717) is 0 Å². The van der Waals surface area contributed by atoms with Crippen LogP contribution in [0.3, 0.4) is 0 Å². The maximum atomic E-state index is 11.3. The average molecular weight is 240 g/mol. The highest BCUT2D eigenvalue weighted by atomic mass is 32.1. The molecule has 1 aromatic heterocycles. The Balaban J connectivity index is 2.73. The third-order valence-electron chi connectivity index (χ3n) is 2.70. The highest BCUT2D eigenvalue weighted by molar-refractivity contribution is 7.10. The first-order valence-corrected chi connectivity index (χ1v) is 6.40. The van der Waals surface area contributed by atoms with Gasteiger partial charge in [-0.25, -0.2) is 0 Å². The molecule has 2 unspecified atom stereocenters. The summed E-state index contributed by atoms with van der Waals surface area (Å²) in [5.74, 6) is -0.0729. The number of carbonyl (C=O) groups is 1. The highest BCUT2D eigenvalue weighted by Gasteiger charge is 2.22. The summed E-state index contributed by atoms with van der Waals surface area (Å²) in [5.41, 5.74) is 6.64. The molecule has 1 amide bonds. The quantitative estimate of drug-likeness (QED) is 0.829. The lowest BCUT2D eigenvalue weighted by Gasteiger charge is -2.23. The first kappa shape index (κ1) is 13.2. The van der Waals surface area contributed by atoms with Crippen molar-refractivity contribution in [2.45, 2.75) is 39.8 Å². The Labute approximate surface area is 101 Å². The van der Waals surface area contributed by atoms with Gasteiger partial charge in [0, 0.05) is 10.9 Å². The van der Waals surface area contributed by atoms with Crippen LogP contribution in [0.4, 0.5) is 0 Å². The summed E-state index contributed by atoms with van der Waals surface area (Å²) in [6.45, 7) is 8.14. The van der Waals surface area contributed by atoms with E-state index in [1.807, 2.05) is 13.8 Å². The highest BCUT2D eigenvalue weighted by Crippen LogP contribution is 2.24. The maximum Gasteiger partial charge on any atom is 0.234 e. The Morgan fingerprint density at radius 2 is 2.06 bits per heavy atom. The number of aryl methyl sites for hydroxylation is 1. The number of thiophene rings is 1. The summed E-state index contributed by atoms with van der Waals surface area (Å²) in [6.07, 6.45) is 0. The second kappa shape index (κ2) is 5.46. The summed E-state index contributed by atoms with van der Waals surface area (Å²) in [6, 6.07) is 1.99. The minimum Gasteiger partial charge on any atom is -0.368 e. The minimum absolute atomic E-state index is 0.167. The van der Waals surface area contributed by atoms with Gasteiger partial charge in [-0.15, -0.1) is 11.3 Å². The number of carbonyl (C=O) groups excluding carboxylic acids is 1. The number of hydrogen-bond donors (Lipinski definition) is 2. The second-order valence-electron chi connectivity index (χ2n) is 4.48. The van der Waals surface area contributed by atoms with Gasteiger partial charge in [-0.2, -0.15) is 0 Å². The Kier molecular flexibility index (Phi) is 4.50. The number of primary amides is 1. The van der Waals surface area contributed by atoms with E-state index in [0.717, 1.165) is 0 Å². The molecule has 1 rings (SSSR count). The fourth-order valence-corrected chi connectivity index (χ4v) is 2.72. The summed E-state index contributed by atoms with van der Waals surface area (Å²) in [7, 11) is 0. The van der Waals surface area contributed by atoms with Gasteiger partial charge in [0.1, 0.15) is 0 Å². The van der Waals surface area contributed by atoms with Crippen LogP contribution < -0.4 is 11.1 Å². The lowest BCUT2D eigenvalue weighted by molar-refractivity contribution is -0.121. The van der Waals surface area contributed by atoms with Crippen molar-refractivity contribution in [1.82, 2.24) is 5.32 Å². The Morgan fingerprint density at radius 1 is 1.44 bits per heavy atom. The normalized spacial score (nSPS) is 15.1.